The molecule has 3 unspecified atom stereocenters. The topological polar surface area (TPSA) is 72.4 Å². The lowest BCUT2D eigenvalue weighted by Crippen LogP contribution is -2.54. The minimum atomic E-state index is -0.154. The van der Waals surface area contributed by atoms with Crippen molar-refractivity contribution in [2.75, 3.05) is 6.54 Å². The molecule has 4 heteroatoms. The van der Waals surface area contributed by atoms with Gasteiger partial charge in [-0.15, -0.1) is 0 Å². The normalized spacial score (nSPS) is 37.2. The van der Waals surface area contributed by atoms with Crippen LogP contribution in [0.5, 0.6) is 0 Å². The van der Waals surface area contributed by atoms with E-state index in [1.807, 2.05) is 0 Å². The van der Waals surface area contributed by atoms with E-state index in [9.17, 15) is 4.79 Å². The van der Waals surface area contributed by atoms with E-state index in [0.717, 1.165) is 32.2 Å². The molecule has 0 spiro atoms. The maximum Gasteiger partial charge on any atom is 0.234 e. The van der Waals surface area contributed by atoms with E-state index < -0.39 is 0 Å². The van der Waals surface area contributed by atoms with Crippen LogP contribution in [0.2, 0.25) is 0 Å². The number of hydrogen-bond donors (Lipinski definition) is 2. The predicted octanol–water partition coefficient (Wildman–Crippen LogP) is 0.596. The molecule has 1 heterocycles. The van der Waals surface area contributed by atoms with Crippen molar-refractivity contribution in [3.8, 4) is 0 Å². The lowest BCUT2D eigenvalue weighted by Gasteiger charge is -2.42. The molecule has 16 heavy (non-hydrogen) atoms. The summed E-state index contributed by atoms with van der Waals surface area (Å²) in [7, 11) is 0. The molecule has 1 amide bonds. The summed E-state index contributed by atoms with van der Waals surface area (Å²) in [5.74, 6) is -0.154. The van der Waals surface area contributed by atoms with Crippen LogP contribution in [-0.4, -0.2) is 35.5 Å². The van der Waals surface area contributed by atoms with Gasteiger partial charge in [-0.05, 0) is 38.6 Å². The molecule has 1 saturated carbocycles. The Hall–Kier alpha value is -0.610. The average molecular weight is 225 g/mol. The van der Waals surface area contributed by atoms with Crippen LogP contribution >= 0.6 is 0 Å². The standard InChI is InChI=1S/C12H23N3O/c13-9-4-3-5-10(8-9)15-7-2-1-6-11(15)12(14)16/h9-11H,1-8,13H2,(H2,14,16). The third kappa shape index (κ3) is 2.55. The van der Waals surface area contributed by atoms with Gasteiger partial charge in [-0.1, -0.05) is 12.8 Å². The lowest BCUT2D eigenvalue weighted by atomic mass is 9.87. The van der Waals surface area contributed by atoms with Gasteiger partial charge in [0.05, 0.1) is 6.04 Å². The molecule has 4 N–H and O–H groups in total. The molecule has 1 saturated heterocycles. The molecule has 1 aliphatic carbocycles. The molecule has 0 aromatic heterocycles. The summed E-state index contributed by atoms with van der Waals surface area (Å²) in [5, 5.41) is 0. The van der Waals surface area contributed by atoms with Crippen LogP contribution in [0.4, 0.5) is 0 Å². The van der Waals surface area contributed by atoms with Gasteiger partial charge in [0.15, 0.2) is 0 Å². The molecule has 0 aromatic rings. The molecule has 0 bridgehead atoms. The molecule has 2 fully saturated rings. The van der Waals surface area contributed by atoms with E-state index in [1.165, 1.54) is 19.3 Å². The second-order valence-electron chi connectivity index (χ2n) is 5.23. The molecule has 92 valence electrons. The quantitative estimate of drug-likeness (QED) is 0.722. The van der Waals surface area contributed by atoms with Gasteiger partial charge in [-0.2, -0.15) is 0 Å². The molecule has 2 aliphatic rings. The van der Waals surface area contributed by atoms with Crippen molar-refractivity contribution in [3.05, 3.63) is 0 Å². The van der Waals surface area contributed by atoms with Crippen molar-refractivity contribution in [3.63, 3.8) is 0 Å². The average Bonchev–Trinajstić information content (AvgIpc) is 2.29. The summed E-state index contributed by atoms with van der Waals surface area (Å²) in [4.78, 5) is 13.8. The number of carbonyl (C=O) groups is 1. The number of piperidine rings is 1. The van der Waals surface area contributed by atoms with E-state index in [1.54, 1.807) is 0 Å². The third-order valence-electron chi connectivity index (χ3n) is 4.03. The minimum Gasteiger partial charge on any atom is -0.368 e. The summed E-state index contributed by atoms with van der Waals surface area (Å²) >= 11 is 0. The van der Waals surface area contributed by atoms with E-state index in [2.05, 4.69) is 4.90 Å². The molecular formula is C12H23N3O. The first kappa shape index (κ1) is 11.9. The highest BCUT2D eigenvalue weighted by Crippen LogP contribution is 2.28. The Morgan fingerprint density at radius 1 is 1.12 bits per heavy atom. The number of nitrogens with two attached hydrogens (primary N) is 2. The number of carbonyl (C=O) groups excluding carboxylic acids is 1. The van der Waals surface area contributed by atoms with Crippen molar-refractivity contribution in [2.45, 2.75) is 63.1 Å². The Balaban J connectivity index is 2.01. The van der Waals surface area contributed by atoms with Gasteiger partial charge in [-0.25, -0.2) is 0 Å². The number of rotatable bonds is 2. The second-order valence-corrected chi connectivity index (χ2v) is 5.23. The number of hydrogen-bond acceptors (Lipinski definition) is 3. The van der Waals surface area contributed by atoms with Crippen molar-refractivity contribution in [1.82, 2.24) is 4.90 Å². The van der Waals surface area contributed by atoms with Crippen molar-refractivity contribution >= 4 is 5.91 Å². The van der Waals surface area contributed by atoms with Crippen LogP contribution in [-0.2, 0) is 4.79 Å². The maximum absolute atomic E-state index is 11.4. The van der Waals surface area contributed by atoms with Gasteiger partial charge >= 0.3 is 0 Å². The van der Waals surface area contributed by atoms with Crippen molar-refractivity contribution in [2.24, 2.45) is 11.5 Å². The van der Waals surface area contributed by atoms with Crippen LogP contribution < -0.4 is 11.5 Å². The predicted molar refractivity (Wildman–Crippen MR) is 63.8 cm³/mol. The van der Waals surface area contributed by atoms with Gasteiger partial charge in [0.2, 0.25) is 5.91 Å². The molecule has 0 radical (unpaired) electrons. The highest BCUT2D eigenvalue weighted by atomic mass is 16.1. The molecule has 4 nitrogen and oxygen atoms in total. The maximum atomic E-state index is 11.4. The Morgan fingerprint density at radius 3 is 2.62 bits per heavy atom. The van der Waals surface area contributed by atoms with Gasteiger partial charge in [0.1, 0.15) is 0 Å². The summed E-state index contributed by atoms with van der Waals surface area (Å²) in [5.41, 5.74) is 11.5. The summed E-state index contributed by atoms with van der Waals surface area (Å²) in [6, 6.07) is 0.764. The zero-order valence-corrected chi connectivity index (χ0v) is 9.90. The molecule has 0 aromatic carbocycles. The van der Waals surface area contributed by atoms with Gasteiger partial charge < -0.3 is 11.5 Å². The van der Waals surface area contributed by atoms with Gasteiger partial charge in [-0.3, -0.25) is 9.69 Å². The fraction of sp³-hybridized carbons (Fsp3) is 0.917. The molecule has 1 aliphatic heterocycles. The van der Waals surface area contributed by atoms with E-state index >= 15 is 0 Å². The molecule has 3 atom stereocenters. The van der Waals surface area contributed by atoms with Crippen LogP contribution in [0.25, 0.3) is 0 Å². The van der Waals surface area contributed by atoms with Crippen molar-refractivity contribution < 1.29 is 4.79 Å². The SMILES string of the molecule is NC(=O)C1CCCCN1C1CCCC(N)C1. The fourth-order valence-electron chi connectivity index (χ4n) is 3.20. The Bertz CT molecular complexity index is 257. The zero-order valence-electron chi connectivity index (χ0n) is 9.90. The largest absolute Gasteiger partial charge is 0.368 e. The molecule has 2 rings (SSSR count). The second kappa shape index (κ2) is 5.15. The van der Waals surface area contributed by atoms with Gasteiger partial charge in [0.25, 0.3) is 0 Å². The highest BCUT2D eigenvalue weighted by molar-refractivity contribution is 5.80. The first-order valence-electron chi connectivity index (χ1n) is 6.49. The monoisotopic (exact) mass is 225 g/mol. The van der Waals surface area contributed by atoms with Crippen molar-refractivity contribution in [1.29, 1.82) is 0 Å². The fourth-order valence-corrected chi connectivity index (χ4v) is 3.20. The van der Waals surface area contributed by atoms with Crippen LogP contribution in [0.3, 0.4) is 0 Å². The number of likely N-dealkylation sites (tertiary alicyclic amines) is 1. The zero-order chi connectivity index (χ0) is 11.5. The smallest absolute Gasteiger partial charge is 0.234 e. The Labute approximate surface area is 97.3 Å². The first-order chi connectivity index (χ1) is 7.68. The van der Waals surface area contributed by atoms with Crippen LogP contribution in [0, 0.1) is 0 Å². The van der Waals surface area contributed by atoms with Crippen LogP contribution in [0.1, 0.15) is 44.9 Å². The minimum absolute atomic E-state index is 0.0379. The Morgan fingerprint density at radius 2 is 1.94 bits per heavy atom. The van der Waals surface area contributed by atoms with E-state index in [0.29, 0.717) is 12.1 Å². The molecular weight excluding hydrogens is 202 g/mol. The van der Waals surface area contributed by atoms with E-state index in [-0.39, 0.29) is 11.9 Å². The lowest BCUT2D eigenvalue weighted by molar-refractivity contribution is -0.126. The summed E-state index contributed by atoms with van der Waals surface area (Å²) in [6.45, 7) is 1.02. The first-order valence-corrected chi connectivity index (χ1v) is 6.49. The van der Waals surface area contributed by atoms with Gasteiger partial charge in [0, 0.05) is 12.1 Å². The van der Waals surface area contributed by atoms with Crippen LogP contribution in [0.15, 0.2) is 0 Å². The summed E-state index contributed by atoms with van der Waals surface area (Å²) in [6.07, 6.45) is 7.78. The summed E-state index contributed by atoms with van der Waals surface area (Å²) < 4.78 is 0. The Kier molecular flexibility index (Phi) is 3.82. The number of nitrogens with zero attached hydrogens (tertiary/aromatic N) is 1. The third-order valence-corrected chi connectivity index (χ3v) is 4.03. The number of amides is 1. The highest BCUT2D eigenvalue weighted by Gasteiger charge is 2.34. The van der Waals surface area contributed by atoms with E-state index in [4.69, 9.17) is 11.5 Å². The number of primary amides is 1.